The maximum Gasteiger partial charge on any atom is 0.235 e. The maximum atomic E-state index is 11.3. The zero-order valence-corrected chi connectivity index (χ0v) is 13.4. The molecular formula is C16H32N4O. The van der Waals surface area contributed by atoms with Crippen LogP contribution in [-0.4, -0.2) is 30.1 Å². The van der Waals surface area contributed by atoms with Crippen LogP contribution in [0.5, 0.6) is 0 Å². The number of amides is 1. The molecule has 0 spiro atoms. The third-order valence-corrected chi connectivity index (χ3v) is 4.98. The van der Waals surface area contributed by atoms with Crippen molar-refractivity contribution in [2.24, 2.45) is 5.84 Å². The summed E-state index contributed by atoms with van der Waals surface area (Å²) in [5.74, 6) is 5.03. The Bertz CT molecular complexity index is 309. The molecule has 21 heavy (non-hydrogen) atoms. The highest BCUT2D eigenvalue weighted by Gasteiger charge is 2.24. The summed E-state index contributed by atoms with van der Waals surface area (Å²) in [7, 11) is 0. The number of hydrogen-bond donors (Lipinski definition) is 4. The van der Waals surface area contributed by atoms with Crippen molar-refractivity contribution in [1.29, 1.82) is 0 Å². The van der Waals surface area contributed by atoms with Gasteiger partial charge in [-0.1, -0.05) is 19.3 Å². The van der Waals surface area contributed by atoms with Gasteiger partial charge in [0.25, 0.3) is 0 Å². The van der Waals surface area contributed by atoms with Crippen molar-refractivity contribution in [2.45, 2.75) is 95.3 Å². The molecule has 0 aromatic heterocycles. The Kier molecular flexibility index (Phi) is 6.93. The molecule has 1 amide bonds. The first kappa shape index (κ1) is 16.7. The standard InChI is InChI=1S/C16H32N4O/c1-12(11-16(21)20-17)18-14-7-9-15(10-8-14)19-13-5-3-2-4-6-13/h12-15,18-19H,2-11,17H2,1H3,(H,20,21). The number of hydrazine groups is 1. The lowest BCUT2D eigenvalue weighted by atomic mass is 9.88. The van der Waals surface area contributed by atoms with Gasteiger partial charge in [0.15, 0.2) is 0 Å². The normalized spacial score (nSPS) is 29.0. The van der Waals surface area contributed by atoms with Gasteiger partial charge >= 0.3 is 0 Å². The fourth-order valence-corrected chi connectivity index (χ4v) is 3.83. The highest BCUT2D eigenvalue weighted by molar-refractivity contribution is 5.75. The van der Waals surface area contributed by atoms with Gasteiger partial charge in [0, 0.05) is 30.6 Å². The molecule has 5 nitrogen and oxygen atoms in total. The molecule has 0 heterocycles. The monoisotopic (exact) mass is 296 g/mol. The summed E-state index contributed by atoms with van der Waals surface area (Å²) < 4.78 is 0. The second kappa shape index (κ2) is 8.71. The van der Waals surface area contributed by atoms with Crippen LogP contribution in [0.3, 0.4) is 0 Å². The van der Waals surface area contributed by atoms with E-state index >= 15 is 0 Å². The quantitative estimate of drug-likeness (QED) is 0.341. The molecule has 122 valence electrons. The molecule has 0 aromatic rings. The fourth-order valence-electron chi connectivity index (χ4n) is 3.83. The first-order valence-corrected chi connectivity index (χ1v) is 8.69. The lowest BCUT2D eigenvalue weighted by molar-refractivity contribution is -0.121. The lowest BCUT2D eigenvalue weighted by Gasteiger charge is -2.35. The van der Waals surface area contributed by atoms with E-state index in [1.807, 2.05) is 0 Å². The summed E-state index contributed by atoms with van der Waals surface area (Å²) in [6.45, 7) is 2.06. The predicted molar refractivity (Wildman–Crippen MR) is 85.6 cm³/mol. The van der Waals surface area contributed by atoms with Crippen molar-refractivity contribution in [2.75, 3.05) is 0 Å². The van der Waals surface area contributed by atoms with E-state index in [1.165, 1.54) is 57.8 Å². The molecule has 0 aromatic carbocycles. The van der Waals surface area contributed by atoms with E-state index < -0.39 is 0 Å². The summed E-state index contributed by atoms with van der Waals surface area (Å²) in [5, 5.41) is 7.43. The number of nitrogens with two attached hydrogens (primary N) is 1. The van der Waals surface area contributed by atoms with Crippen LogP contribution < -0.4 is 21.9 Å². The minimum absolute atomic E-state index is 0.0948. The molecule has 0 radical (unpaired) electrons. The first-order valence-electron chi connectivity index (χ1n) is 8.69. The van der Waals surface area contributed by atoms with Crippen LogP contribution in [0.15, 0.2) is 0 Å². The van der Waals surface area contributed by atoms with Crippen LogP contribution in [0.25, 0.3) is 0 Å². The summed E-state index contributed by atoms with van der Waals surface area (Å²) in [6.07, 6.45) is 12.3. The van der Waals surface area contributed by atoms with Crippen molar-refractivity contribution in [1.82, 2.24) is 16.1 Å². The minimum Gasteiger partial charge on any atom is -0.311 e. The second-order valence-electron chi connectivity index (χ2n) is 6.89. The van der Waals surface area contributed by atoms with Crippen LogP contribution in [0.2, 0.25) is 0 Å². The van der Waals surface area contributed by atoms with Gasteiger partial charge in [0.2, 0.25) is 5.91 Å². The molecule has 5 N–H and O–H groups in total. The summed E-state index contributed by atoms with van der Waals surface area (Å²) >= 11 is 0. The fraction of sp³-hybridized carbons (Fsp3) is 0.938. The number of rotatable bonds is 6. The number of carbonyl (C=O) groups is 1. The van der Waals surface area contributed by atoms with Gasteiger partial charge < -0.3 is 10.6 Å². The average Bonchev–Trinajstić information content (AvgIpc) is 2.50. The van der Waals surface area contributed by atoms with Crippen LogP contribution in [0.1, 0.15) is 71.1 Å². The van der Waals surface area contributed by atoms with E-state index in [0.717, 1.165) is 6.04 Å². The van der Waals surface area contributed by atoms with Crippen molar-refractivity contribution in [3.63, 3.8) is 0 Å². The Balaban J connectivity index is 1.62. The van der Waals surface area contributed by atoms with E-state index in [1.54, 1.807) is 0 Å². The summed E-state index contributed by atoms with van der Waals surface area (Å²) in [5.41, 5.74) is 2.20. The lowest BCUT2D eigenvalue weighted by Crippen LogP contribution is -2.47. The highest BCUT2D eigenvalue weighted by atomic mass is 16.2. The molecule has 1 atom stereocenters. The van der Waals surface area contributed by atoms with E-state index in [4.69, 9.17) is 5.84 Å². The second-order valence-corrected chi connectivity index (χ2v) is 6.89. The average molecular weight is 296 g/mol. The van der Waals surface area contributed by atoms with Gasteiger partial charge in [-0.05, 0) is 45.4 Å². The van der Waals surface area contributed by atoms with Gasteiger partial charge in [0.1, 0.15) is 0 Å². The zero-order chi connectivity index (χ0) is 15.1. The van der Waals surface area contributed by atoms with Crippen LogP contribution in [0.4, 0.5) is 0 Å². The molecule has 0 saturated heterocycles. The summed E-state index contributed by atoms with van der Waals surface area (Å²) in [4.78, 5) is 11.3. The molecular weight excluding hydrogens is 264 g/mol. The third-order valence-electron chi connectivity index (χ3n) is 4.98. The SMILES string of the molecule is CC(CC(=O)NN)NC1CCC(NC2CCCCC2)CC1. The molecule has 2 fully saturated rings. The Morgan fingerprint density at radius 1 is 1.00 bits per heavy atom. The molecule has 0 aliphatic heterocycles. The number of hydrogen-bond acceptors (Lipinski definition) is 4. The Morgan fingerprint density at radius 2 is 1.57 bits per heavy atom. The van der Waals surface area contributed by atoms with Crippen molar-refractivity contribution >= 4 is 5.91 Å². The van der Waals surface area contributed by atoms with Crippen molar-refractivity contribution in [3.8, 4) is 0 Å². The van der Waals surface area contributed by atoms with Crippen LogP contribution >= 0.6 is 0 Å². The predicted octanol–water partition coefficient (Wildman–Crippen LogP) is 1.58. The van der Waals surface area contributed by atoms with E-state index in [2.05, 4.69) is 23.0 Å². The Morgan fingerprint density at radius 3 is 2.19 bits per heavy atom. The van der Waals surface area contributed by atoms with Gasteiger partial charge in [0.05, 0.1) is 0 Å². The van der Waals surface area contributed by atoms with Gasteiger partial charge in [-0.15, -0.1) is 0 Å². The summed E-state index contributed by atoms with van der Waals surface area (Å²) in [6, 6.07) is 2.21. The van der Waals surface area contributed by atoms with E-state index in [0.29, 0.717) is 18.5 Å². The molecule has 2 aliphatic rings. The molecule has 5 heteroatoms. The van der Waals surface area contributed by atoms with Crippen molar-refractivity contribution < 1.29 is 4.79 Å². The molecule has 2 rings (SSSR count). The zero-order valence-electron chi connectivity index (χ0n) is 13.4. The maximum absolute atomic E-state index is 11.3. The highest BCUT2D eigenvalue weighted by Crippen LogP contribution is 2.23. The van der Waals surface area contributed by atoms with E-state index in [-0.39, 0.29) is 11.9 Å². The van der Waals surface area contributed by atoms with Crippen LogP contribution in [0, 0.1) is 0 Å². The Hall–Kier alpha value is -0.650. The van der Waals surface area contributed by atoms with Crippen LogP contribution in [-0.2, 0) is 4.79 Å². The minimum atomic E-state index is -0.0948. The van der Waals surface area contributed by atoms with Crippen molar-refractivity contribution in [3.05, 3.63) is 0 Å². The molecule has 2 aliphatic carbocycles. The molecule has 2 saturated carbocycles. The number of carbonyl (C=O) groups excluding carboxylic acids is 1. The van der Waals surface area contributed by atoms with E-state index in [9.17, 15) is 4.79 Å². The topological polar surface area (TPSA) is 79.2 Å². The smallest absolute Gasteiger partial charge is 0.235 e. The number of nitrogens with one attached hydrogen (secondary N) is 3. The third kappa shape index (κ3) is 5.93. The van der Waals surface area contributed by atoms with Gasteiger partial charge in [-0.25, -0.2) is 5.84 Å². The van der Waals surface area contributed by atoms with Gasteiger partial charge in [-0.3, -0.25) is 10.2 Å². The largest absolute Gasteiger partial charge is 0.311 e. The van der Waals surface area contributed by atoms with Gasteiger partial charge in [-0.2, -0.15) is 0 Å². The Labute approximate surface area is 128 Å². The molecule has 1 unspecified atom stereocenters. The molecule has 0 bridgehead atoms. The first-order chi connectivity index (χ1) is 10.2.